The zero-order valence-corrected chi connectivity index (χ0v) is 14.3. The summed E-state index contributed by atoms with van der Waals surface area (Å²) < 4.78 is 7.44. The first kappa shape index (κ1) is 15.1. The van der Waals surface area contributed by atoms with Gasteiger partial charge in [0.15, 0.2) is 11.6 Å². The quantitative estimate of drug-likeness (QED) is 0.584. The molecule has 1 fully saturated rings. The van der Waals surface area contributed by atoms with E-state index in [1.807, 2.05) is 22.8 Å². The van der Waals surface area contributed by atoms with Gasteiger partial charge in [-0.05, 0) is 25.1 Å². The number of nitrogens with zero attached hydrogens (tertiary/aromatic N) is 6. The Bertz CT molecular complexity index is 1020. The van der Waals surface area contributed by atoms with Crippen LogP contribution in [0.2, 0.25) is 0 Å². The normalized spacial score (nSPS) is 17.9. The molecular formula is C17H18N8O. The number of rotatable bonds is 3. The van der Waals surface area contributed by atoms with Gasteiger partial charge in [-0.15, -0.1) is 5.10 Å². The van der Waals surface area contributed by atoms with Crippen LogP contribution in [0.25, 0.3) is 28.3 Å². The Labute approximate surface area is 149 Å². The van der Waals surface area contributed by atoms with E-state index in [1.54, 1.807) is 12.4 Å². The molecule has 5 heterocycles. The number of imidazole rings is 1. The average molecular weight is 350 g/mol. The molecule has 1 aliphatic rings. The molecule has 1 saturated heterocycles. The molecule has 0 aliphatic carbocycles. The van der Waals surface area contributed by atoms with Crippen LogP contribution in [0.4, 0.5) is 5.82 Å². The van der Waals surface area contributed by atoms with E-state index in [9.17, 15) is 0 Å². The molecule has 132 valence electrons. The lowest BCUT2D eigenvalue weighted by Crippen LogP contribution is -2.44. The maximum atomic E-state index is 5.57. The van der Waals surface area contributed by atoms with E-state index in [4.69, 9.17) is 9.84 Å². The van der Waals surface area contributed by atoms with E-state index in [-0.39, 0.29) is 6.04 Å². The molecule has 0 radical (unpaired) electrons. The molecule has 4 aromatic heterocycles. The van der Waals surface area contributed by atoms with Crippen LogP contribution in [0, 0.1) is 0 Å². The van der Waals surface area contributed by atoms with Gasteiger partial charge >= 0.3 is 0 Å². The van der Waals surface area contributed by atoms with Gasteiger partial charge in [0, 0.05) is 24.5 Å². The van der Waals surface area contributed by atoms with E-state index in [1.165, 1.54) is 0 Å². The standard InChI is InChI=1S/C17H18N8O/c1-11-10-26-7-6-24(11)16-8-12(13-2-4-19-21-13)15-9-18-17(25(15)23-16)14-3-5-20-22-14/h2-5,8-9,11H,6-7,10H2,1H3,(H,19,21)(H,20,22)/t11-/m1/s1. The third kappa shape index (κ3) is 2.36. The Balaban J connectivity index is 1.74. The van der Waals surface area contributed by atoms with Crippen LogP contribution in [0.15, 0.2) is 36.8 Å². The van der Waals surface area contributed by atoms with Gasteiger partial charge in [0.2, 0.25) is 0 Å². The minimum atomic E-state index is 0.252. The highest BCUT2D eigenvalue weighted by atomic mass is 16.5. The largest absolute Gasteiger partial charge is 0.377 e. The van der Waals surface area contributed by atoms with Gasteiger partial charge in [-0.3, -0.25) is 10.2 Å². The lowest BCUT2D eigenvalue weighted by Gasteiger charge is -2.34. The molecule has 0 unspecified atom stereocenters. The molecule has 0 amide bonds. The maximum absolute atomic E-state index is 5.57. The van der Waals surface area contributed by atoms with Crippen LogP contribution >= 0.6 is 0 Å². The third-order valence-electron chi connectivity index (χ3n) is 4.68. The van der Waals surface area contributed by atoms with Crippen LogP contribution < -0.4 is 4.90 Å². The number of morpholine rings is 1. The number of hydrogen-bond donors (Lipinski definition) is 2. The first-order valence-electron chi connectivity index (χ1n) is 8.54. The lowest BCUT2D eigenvalue weighted by atomic mass is 10.1. The van der Waals surface area contributed by atoms with Crippen molar-refractivity contribution in [3.63, 3.8) is 0 Å². The van der Waals surface area contributed by atoms with Crippen LogP contribution in [0.3, 0.4) is 0 Å². The van der Waals surface area contributed by atoms with Crippen molar-refractivity contribution in [3.8, 4) is 22.8 Å². The first-order valence-corrected chi connectivity index (χ1v) is 8.54. The number of anilines is 1. The minimum Gasteiger partial charge on any atom is -0.377 e. The molecule has 5 rings (SSSR count). The summed E-state index contributed by atoms with van der Waals surface area (Å²) in [6.45, 7) is 4.33. The summed E-state index contributed by atoms with van der Waals surface area (Å²) in [6.07, 6.45) is 5.28. The Hall–Kier alpha value is -3.20. The van der Waals surface area contributed by atoms with Gasteiger partial charge in [0.25, 0.3) is 0 Å². The van der Waals surface area contributed by atoms with Crippen LogP contribution in [-0.2, 0) is 4.74 Å². The first-order chi connectivity index (χ1) is 12.8. The second kappa shape index (κ2) is 5.95. The summed E-state index contributed by atoms with van der Waals surface area (Å²) in [6, 6.07) is 6.17. The van der Waals surface area contributed by atoms with Gasteiger partial charge in [-0.1, -0.05) is 0 Å². The Morgan fingerprint density at radius 3 is 2.69 bits per heavy atom. The van der Waals surface area contributed by atoms with Crippen LogP contribution in [-0.4, -0.2) is 60.8 Å². The van der Waals surface area contributed by atoms with Gasteiger partial charge < -0.3 is 9.64 Å². The smallest absolute Gasteiger partial charge is 0.179 e. The highest BCUT2D eigenvalue weighted by Gasteiger charge is 2.23. The molecular weight excluding hydrogens is 332 g/mol. The van der Waals surface area contributed by atoms with Gasteiger partial charge in [0.1, 0.15) is 5.69 Å². The molecule has 0 bridgehead atoms. The van der Waals surface area contributed by atoms with Gasteiger partial charge in [-0.25, -0.2) is 9.50 Å². The number of H-pyrrole nitrogens is 2. The van der Waals surface area contributed by atoms with Crippen molar-refractivity contribution < 1.29 is 4.74 Å². The molecule has 26 heavy (non-hydrogen) atoms. The van der Waals surface area contributed by atoms with Crippen molar-refractivity contribution in [1.82, 2.24) is 35.0 Å². The molecule has 4 aromatic rings. The molecule has 0 saturated carbocycles. The van der Waals surface area contributed by atoms with Gasteiger partial charge in [-0.2, -0.15) is 10.2 Å². The molecule has 0 spiro atoms. The summed E-state index contributed by atoms with van der Waals surface area (Å²) in [7, 11) is 0. The van der Waals surface area contributed by atoms with Crippen molar-refractivity contribution in [1.29, 1.82) is 0 Å². The van der Waals surface area contributed by atoms with E-state index in [0.29, 0.717) is 13.2 Å². The monoisotopic (exact) mass is 350 g/mol. The number of aromatic amines is 2. The Morgan fingerprint density at radius 2 is 1.96 bits per heavy atom. The summed E-state index contributed by atoms with van der Waals surface area (Å²) in [5.41, 5.74) is 3.66. The van der Waals surface area contributed by atoms with Crippen molar-refractivity contribution in [2.45, 2.75) is 13.0 Å². The number of fused-ring (bicyclic) bond motifs is 1. The molecule has 1 aliphatic heterocycles. The molecule has 9 nitrogen and oxygen atoms in total. The minimum absolute atomic E-state index is 0.252. The molecule has 1 atom stereocenters. The Kier molecular flexibility index (Phi) is 3.45. The highest BCUT2D eigenvalue weighted by molar-refractivity contribution is 5.81. The lowest BCUT2D eigenvalue weighted by molar-refractivity contribution is 0.0984. The predicted octanol–water partition coefficient (Wildman–Crippen LogP) is 1.73. The zero-order valence-electron chi connectivity index (χ0n) is 14.3. The van der Waals surface area contributed by atoms with Crippen molar-refractivity contribution in [2.24, 2.45) is 0 Å². The summed E-state index contributed by atoms with van der Waals surface area (Å²) in [4.78, 5) is 6.83. The number of aromatic nitrogens is 7. The summed E-state index contributed by atoms with van der Waals surface area (Å²) in [5.74, 6) is 1.61. The zero-order chi connectivity index (χ0) is 17.5. The predicted molar refractivity (Wildman–Crippen MR) is 95.8 cm³/mol. The number of hydrogen-bond acceptors (Lipinski definition) is 6. The fraction of sp³-hybridized carbons (Fsp3) is 0.294. The summed E-state index contributed by atoms with van der Waals surface area (Å²) in [5, 5.41) is 19.0. The van der Waals surface area contributed by atoms with E-state index in [2.05, 4.69) is 43.3 Å². The second-order valence-electron chi connectivity index (χ2n) is 6.35. The molecule has 9 heteroatoms. The average Bonchev–Trinajstić information content (AvgIpc) is 3.41. The number of ether oxygens (including phenoxy) is 1. The van der Waals surface area contributed by atoms with Crippen molar-refractivity contribution in [2.75, 3.05) is 24.7 Å². The SMILES string of the molecule is C[C@@H]1COCCN1c1cc(-c2ccn[nH]2)c2cnc(-c3ccn[nH]3)n2n1. The molecule has 2 N–H and O–H groups in total. The third-order valence-corrected chi connectivity index (χ3v) is 4.68. The highest BCUT2D eigenvalue weighted by Crippen LogP contribution is 2.30. The summed E-state index contributed by atoms with van der Waals surface area (Å²) >= 11 is 0. The van der Waals surface area contributed by atoms with E-state index in [0.717, 1.165) is 40.7 Å². The maximum Gasteiger partial charge on any atom is 0.179 e. The topological polar surface area (TPSA) is 100 Å². The number of nitrogens with one attached hydrogen (secondary N) is 2. The van der Waals surface area contributed by atoms with Crippen LogP contribution in [0.5, 0.6) is 0 Å². The second-order valence-corrected chi connectivity index (χ2v) is 6.35. The Morgan fingerprint density at radius 1 is 1.15 bits per heavy atom. The van der Waals surface area contributed by atoms with E-state index >= 15 is 0 Å². The van der Waals surface area contributed by atoms with Crippen molar-refractivity contribution >= 4 is 11.3 Å². The fourth-order valence-electron chi connectivity index (χ4n) is 3.36. The van der Waals surface area contributed by atoms with Crippen LogP contribution in [0.1, 0.15) is 6.92 Å². The fourth-order valence-corrected chi connectivity index (χ4v) is 3.36. The van der Waals surface area contributed by atoms with Gasteiger partial charge in [0.05, 0.1) is 36.7 Å². The molecule has 0 aromatic carbocycles. The van der Waals surface area contributed by atoms with E-state index < -0.39 is 0 Å². The van der Waals surface area contributed by atoms with Crippen molar-refractivity contribution in [3.05, 3.63) is 36.8 Å².